The third kappa shape index (κ3) is 5.24. The SMILES string of the molecule is COCCOCCOC(=O)c1cc(Cl)cc(Cl)c1N. The van der Waals surface area contributed by atoms with Crippen molar-refractivity contribution in [3.8, 4) is 0 Å². The van der Waals surface area contributed by atoms with Crippen LogP contribution in [0.2, 0.25) is 10.0 Å². The Hall–Kier alpha value is -1.01. The summed E-state index contributed by atoms with van der Waals surface area (Å²) in [4.78, 5) is 11.8. The molecule has 0 unspecified atom stereocenters. The van der Waals surface area contributed by atoms with E-state index >= 15 is 0 Å². The van der Waals surface area contributed by atoms with Gasteiger partial charge in [-0.3, -0.25) is 0 Å². The van der Waals surface area contributed by atoms with Crippen LogP contribution in [0.5, 0.6) is 0 Å². The number of hydrogen-bond acceptors (Lipinski definition) is 5. The van der Waals surface area contributed by atoms with Crippen LogP contribution in [-0.2, 0) is 14.2 Å². The first-order valence-electron chi connectivity index (χ1n) is 5.54. The lowest BCUT2D eigenvalue weighted by Gasteiger charge is -2.09. The largest absolute Gasteiger partial charge is 0.460 e. The first kappa shape index (κ1) is 16.0. The summed E-state index contributed by atoms with van der Waals surface area (Å²) in [5, 5.41) is 0.540. The first-order valence-corrected chi connectivity index (χ1v) is 6.30. The Bertz CT molecular complexity index is 440. The quantitative estimate of drug-likeness (QED) is 0.476. The average molecular weight is 308 g/mol. The summed E-state index contributed by atoms with van der Waals surface area (Å²) in [6.45, 7) is 1.33. The summed E-state index contributed by atoms with van der Waals surface area (Å²) < 4.78 is 15.0. The fourth-order valence-electron chi connectivity index (χ4n) is 1.27. The predicted molar refractivity (Wildman–Crippen MR) is 73.9 cm³/mol. The number of carbonyl (C=O) groups excluding carboxylic acids is 1. The fraction of sp³-hybridized carbons (Fsp3) is 0.417. The molecule has 0 amide bonds. The molecule has 0 spiro atoms. The minimum atomic E-state index is -0.586. The zero-order valence-corrected chi connectivity index (χ0v) is 12.0. The van der Waals surface area contributed by atoms with Crippen molar-refractivity contribution >= 4 is 34.9 Å². The van der Waals surface area contributed by atoms with E-state index in [1.165, 1.54) is 12.1 Å². The lowest BCUT2D eigenvalue weighted by Crippen LogP contribution is -2.14. The number of halogens is 2. The number of nitrogen functional groups attached to an aromatic ring is 1. The van der Waals surface area contributed by atoms with Crippen LogP contribution in [0.15, 0.2) is 12.1 Å². The molecule has 0 aromatic heterocycles. The number of nitrogens with two attached hydrogens (primary N) is 1. The van der Waals surface area contributed by atoms with Crippen molar-refractivity contribution < 1.29 is 19.0 Å². The predicted octanol–water partition coefficient (Wildman–Crippen LogP) is 2.40. The first-order chi connectivity index (χ1) is 9.06. The molecule has 0 atom stereocenters. The van der Waals surface area contributed by atoms with Crippen molar-refractivity contribution in [2.24, 2.45) is 0 Å². The highest BCUT2D eigenvalue weighted by Crippen LogP contribution is 2.27. The van der Waals surface area contributed by atoms with Gasteiger partial charge in [0.2, 0.25) is 0 Å². The van der Waals surface area contributed by atoms with E-state index in [1.807, 2.05) is 0 Å². The Labute approximate surface area is 121 Å². The van der Waals surface area contributed by atoms with Crippen LogP contribution >= 0.6 is 23.2 Å². The molecule has 1 aromatic rings. The second kappa shape index (κ2) is 8.22. The highest BCUT2D eigenvalue weighted by atomic mass is 35.5. The van der Waals surface area contributed by atoms with E-state index < -0.39 is 5.97 Å². The van der Waals surface area contributed by atoms with Crippen LogP contribution in [0.25, 0.3) is 0 Å². The lowest BCUT2D eigenvalue weighted by molar-refractivity contribution is 0.0214. The highest BCUT2D eigenvalue weighted by Gasteiger charge is 2.14. The van der Waals surface area contributed by atoms with Gasteiger partial charge in [0.05, 0.1) is 36.1 Å². The van der Waals surface area contributed by atoms with Gasteiger partial charge in [-0.15, -0.1) is 0 Å². The number of benzene rings is 1. The minimum absolute atomic E-state index is 0.117. The van der Waals surface area contributed by atoms with E-state index in [-0.39, 0.29) is 29.5 Å². The second-order valence-corrected chi connectivity index (χ2v) is 4.43. The van der Waals surface area contributed by atoms with Gasteiger partial charge in [-0.1, -0.05) is 23.2 Å². The molecule has 0 aliphatic heterocycles. The highest BCUT2D eigenvalue weighted by molar-refractivity contribution is 6.37. The van der Waals surface area contributed by atoms with Crippen LogP contribution in [0.4, 0.5) is 5.69 Å². The minimum Gasteiger partial charge on any atom is -0.460 e. The van der Waals surface area contributed by atoms with Crippen LogP contribution in [-0.4, -0.2) is 39.5 Å². The summed E-state index contributed by atoms with van der Waals surface area (Å²) in [5.74, 6) is -0.586. The smallest absolute Gasteiger partial charge is 0.340 e. The summed E-state index contributed by atoms with van der Waals surface area (Å²) in [6.07, 6.45) is 0. The van der Waals surface area contributed by atoms with Crippen molar-refractivity contribution in [2.75, 3.05) is 39.3 Å². The van der Waals surface area contributed by atoms with E-state index in [0.717, 1.165) is 0 Å². The van der Waals surface area contributed by atoms with E-state index in [9.17, 15) is 4.79 Å². The maximum absolute atomic E-state index is 11.8. The molecule has 1 aromatic carbocycles. The third-order valence-electron chi connectivity index (χ3n) is 2.21. The summed E-state index contributed by atoms with van der Waals surface area (Å²) in [5.41, 5.74) is 5.98. The Balaban J connectivity index is 2.46. The molecule has 7 heteroatoms. The Kier molecular flexibility index (Phi) is 6.94. The molecule has 0 heterocycles. The number of carbonyl (C=O) groups is 1. The molecule has 106 valence electrons. The topological polar surface area (TPSA) is 70.8 Å². The number of hydrogen-bond donors (Lipinski definition) is 1. The molecule has 0 bridgehead atoms. The van der Waals surface area contributed by atoms with Gasteiger partial charge in [0, 0.05) is 12.1 Å². The zero-order valence-electron chi connectivity index (χ0n) is 10.4. The Morgan fingerprint density at radius 2 is 1.89 bits per heavy atom. The van der Waals surface area contributed by atoms with Crippen molar-refractivity contribution in [2.45, 2.75) is 0 Å². The Morgan fingerprint density at radius 3 is 2.58 bits per heavy atom. The number of anilines is 1. The number of esters is 1. The zero-order chi connectivity index (χ0) is 14.3. The molecule has 0 saturated heterocycles. The molecule has 0 aliphatic rings. The molecule has 2 N–H and O–H groups in total. The van der Waals surface area contributed by atoms with Crippen molar-refractivity contribution in [1.82, 2.24) is 0 Å². The van der Waals surface area contributed by atoms with E-state index in [1.54, 1.807) is 7.11 Å². The molecular weight excluding hydrogens is 293 g/mol. The van der Waals surface area contributed by atoms with Gasteiger partial charge in [-0.25, -0.2) is 4.79 Å². The molecule has 19 heavy (non-hydrogen) atoms. The van der Waals surface area contributed by atoms with Gasteiger partial charge in [0.25, 0.3) is 0 Å². The number of ether oxygens (including phenoxy) is 3. The van der Waals surface area contributed by atoms with Crippen LogP contribution in [0.3, 0.4) is 0 Å². The molecule has 0 saturated carbocycles. The molecule has 0 fully saturated rings. The van der Waals surface area contributed by atoms with Gasteiger partial charge in [-0.05, 0) is 12.1 Å². The maximum Gasteiger partial charge on any atom is 0.340 e. The van der Waals surface area contributed by atoms with E-state index in [4.69, 9.17) is 43.1 Å². The van der Waals surface area contributed by atoms with E-state index in [2.05, 4.69) is 0 Å². The molecule has 0 aliphatic carbocycles. The van der Waals surface area contributed by atoms with Crippen molar-refractivity contribution in [3.05, 3.63) is 27.7 Å². The van der Waals surface area contributed by atoms with Gasteiger partial charge < -0.3 is 19.9 Å². The van der Waals surface area contributed by atoms with Crippen LogP contribution < -0.4 is 5.73 Å². The molecule has 0 radical (unpaired) electrons. The van der Waals surface area contributed by atoms with E-state index in [0.29, 0.717) is 18.2 Å². The van der Waals surface area contributed by atoms with Gasteiger partial charge in [-0.2, -0.15) is 0 Å². The molecule has 1 rings (SSSR count). The van der Waals surface area contributed by atoms with Crippen molar-refractivity contribution in [1.29, 1.82) is 0 Å². The molecule has 5 nitrogen and oxygen atoms in total. The van der Waals surface area contributed by atoms with Crippen molar-refractivity contribution in [3.63, 3.8) is 0 Å². The Morgan fingerprint density at radius 1 is 1.21 bits per heavy atom. The third-order valence-corrected chi connectivity index (χ3v) is 2.74. The average Bonchev–Trinajstić information content (AvgIpc) is 2.37. The van der Waals surface area contributed by atoms with Crippen LogP contribution in [0, 0.1) is 0 Å². The second-order valence-electron chi connectivity index (χ2n) is 3.59. The summed E-state index contributed by atoms with van der Waals surface area (Å²) >= 11 is 11.6. The maximum atomic E-state index is 11.8. The normalized spacial score (nSPS) is 10.5. The standard InChI is InChI=1S/C12H15Cl2NO4/c1-17-2-3-18-4-5-19-12(16)9-6-8(13)7-10(14)11(9)15/h6-7H,2-5,15H2,1H3. The summed E-state index contributed by atoms with van der Waals surface area (Å²) in [7, 11) is 1.58. The monoisotopic (exact) mass is 307 g/mol. The van der Waals surface area contributed by atoms with Gasteiger partial charge >= 0.3 is 5.97 Å². The molecular formula is C12H15Cl2NO4. The van der Waals surface area contributed by atoms with Gasteiger partial charge in [0.1, 0.15) is 6.61 Å². The summed E-state index contributed by atoms with van der Waals surface area (Å²) in [6, 6.07) is 2.87. The lowest BCUT2D eigenvalue weighted by atomic mass is 10.2. The van der Waals surface area contributed by atoms with Crippen LogP contribution in [0.1, 0.15) is 10.4 Å². The fourth-order valence-corrected chi connectivity index (χ4v) is 1.76. The van der Waals surface area contributed by atoms with Gasteiger partial charge in [0.15, 0.2) is 0 Å². The number of rotatable bonds is 7. The number of methoxy groups -OCH3 is 1.